The van der Waals surface area contributed by atoms with Crippen molar-refractivity contribution in [2.24, 2.45) is 0 Å². The average molecular weight is 255 g/mol. The molecule has 94 valence electrons. The first kappa shape index (κ1) is 12.7. The SMILES string of the molecule is CCC(=O)C[C@@H](Cc1cccs1)NC1OCO1. The molecule has 1 atom stereocenters. The van der Waals surface area contributed by atoms with Gasteiger partial charge in [-0.15, -0.1) is 11.3 Å². The Kier molecular flexibility index (Phi) is 4.67. The van der Waals surface area contributed by atoms with E-state index < -0.39 is 0 Å². The van der Waals surface area contributed by atoms with E-state index in [1.807, 2.05) is 18.4 Å². The highest BCUT2D eigenvalue weighted by atomic mass is 32.1. The molecule has 0 unspecified atom stereocenters. The summed E-state index contributed by atoms with van der Waals surface area (Å²) in [6.07, 6.45) is 1.60. The van der Waals surface area contributed by atoms with Gasteiger partial charge in [-0.2, -0.15) is 0 Å². The van der Waals surface area contributed by atoms with Crippen molar-refractivity contribution in [1.82, 2.24) is 5.32 Å². The third-order valence-corrected chi connectivity index (χ3v) is 3.61. The minimum atomic E-state index is -0.343. The van der Waals surface area contributed by atoms with E-state index in [4.69, 9.17) is 9.47 Å². The van der Waals surface area contributed by atoms with E-state index in [0.29, 0.717) is 19.6 Å². The van der Waals surface area contributed by atoms with E-state index in [1.165, 1.54) is 4.88 Å². The van der Waals surface area contributed by atoms with Gasteiger partial charge in [0.1, 0.15) is 5.78 Å². The number of rotatable bonds is 7. The second-order valence-corrected chi connectivity index (χ2v) is 5.06. The van der Waals surface area contributed by atoms with Crippen molar-refractivity contribution in [3.05, 3.63) is 22.4 Å². The topological polar surface area (TPSA) is 47.6 Å². The molecule has 2 heterocycles. The van der Waals surface area contributed by atoms with Crippen LogP contribution in [0.1, 0.15) is 24.6 Å². The maximum atomic E-state index is 11.5. The van der Waals surface area contributed by atoms with Gasteiger partial charge in [-0.3, -0.25) is 10.1 Å². The summed E-state index contributed by atoms with van der Waals surface area (Å²) >= 11 is 1.71. The summed E-state index contributed by atoms with van der Waals surface area (Å²) in [6, 6.07) is 4.19. The molecule has 1 fully saturated rings. The molecule has 5 heteroatoms. The molecule has 1 saturated heterocycles. The second-order valence-electron chi connectivity index (χ2n) is 4.03. The van der Waals surface area contributed by atoms with Crippen LogP contribution < -0.4 is 5.32 Å². The highest BCUT2D eigenvalue weighted by Crippen LogP contribution is 2.15. The van der Waals surface area contributed by atoms with E-state index >= 15 is 0 Å². The molecule has 17 heavy (non-hydrogen) atoms. The smallest absolute Gasteiger partial charge is 0.220 e. The molecule has 0 spiro atoms. The fraction of sp³-hybridized carbons (Fsp3) is 0.583. The molecule has 1 aliphatic rings. The van der Waals surface area contributed by atoms with Crippen LogP contribution in [0.15, 0.2) is 17.5 Å². The quantitative estimate of drug-likeness (QED) is 0.808. The Bertz CT molecular complexity index is 349. The van der Waals surface area contributed by atoms with Gasteiger partial charge >= 0.3 is 0 Å². The number of thiophene rings is 1. The number of ether oxygens (including phenoxy) is 2. The van der Waals surface area contributed by atoms with Crippen molar-refractivity contribution in [1.29, 1.82) is 0 Å². The van der Waals surface area contributed by atoms with Gasteiger partial charge in [0.05, 0.1) is 0 Å². The van der Waals surface area contributed by atoms with Crippen molar-refractivity contribution in [3.63, 3.8) is 0 Å². The Morgan fingerprint density at radius 2 is 2.47 bits per heavy atom. The molecule has 0 radical (unpaired) electrons. The van der Waals surface area contributed by atoms with E-state index in [0.717, 1.165) is 6.42 Å². The molecular formula is C12H17NO3S. The molecule has 4 nitrogen and oxygen atoms in total. The Hall–Kier alpha value is -0.750. The lowest BCUT2D eigenvalue weighted by molar-refractivity contribution is -0.335. The molecular weight excluding hydrogens is 238 g/mol. The van der Waals surface area contributed by atoms with Crippen molar-refractivity contribution in [2.75, 3.05) is 6.79 Å². The molecule has 2 rings (SSSR count). The highest BCUT2D eigenvalue weighted by Gasteiger charge is 2.24. The number of carbonyl (C=O) groups excluding carboxylic acids is 1. The fourth-order valence-corrected chi connectivity index (χ4v) is 2.49. The highest BCUT2D eigenvalue weighted by molar-refractivity contribution is 7.09. The van der Waals surface area contributed by atoms with Crippen LogP contribution in [0, 0.1) is 0 Å². The number of nitrogens with one attached hydrogen (secondary N) is 1. The number of hydrogen-bond donors (Lipinski definition) is 1. The van der Waals surface area contributed by atoms with Crippen LogP contribution in [0.25, 0.3) is 0 Å². The molecule has 0 bridgehead atoms. The Labute approximate surface area is 105 Å². The molecule has 0 aliphatic carbocycles. The lowest BCUT2D eigenvalue weighted by Gasteiger charge is -2.31. The predicted molar refractivity (Wildman–Crippen MR) is 65.7 cm³/mol. The monoisotopic (exact) mass is 255 g/mol. The van der Waals surface area contributed by atoms with Gasteiger partial charge in [0, 0.05) is 23.8 Å². The standard InChI is InChI=1S/C12H17NO3S/c1-2-10(14)6-9(13-12-15-8-16-12)7-11-4-3-5-17-11/h3-5,9,12-13H,2,6-8H2,1H3/t9-/m0/s1. The molecule has 1 aliphatic heterocycles. The fourth-order valence-electron chi connectivity index (χ4n) is 1.71. The zero-order valence-electron chi connectivity index (χ0n) is 9.85. The number of ketones is 1. The Morgan fingerprint density at radius 3 is 3.00 bits per heavy atom. The molecule has 0 amide bonds. The summed E-state index contributed by atoms with van der Waals surface area (Å²) in [5.74, 6) is 0.262. The van der Waals surface area contributed by atoms with E-state index in [9.17, 15) is 4.79 Å². The van der Waals surface area contributed by atoms with E-state index in [-0.39, 0.29) is 18.2 Å². The third kappa shape index (κ3) is 3.89. The predicted octanol–water partition coefficient (Wildman–Crippen LogP) is 1.91. The minimum Gasteiger partial charge on any atom is -0.313 e. The Balaban J connectivity index is 1.88. The zero-order valence-corrected chi connectivity index (χ0v) is 10.7. The lowest BCUT2D eigenvalue weighted by atomic mass is 10.0. The van der Waals surface area contributed by atoms with Crippen LogP contribution in [-0.4, -0.2) is 25.0 Å². The first-order valence-electron chi connectivity index (χ1n) is 5.81. The van der Waals surface area contributed by atoms with Crippen molar-refractivity contribution < 1.29 is 14.3 Å². The zero-order chi connectivity index (χ0) is 12.1. The van der Waals surface area contributed by atoms with Gasteiger partial charge in [-0.05, 0) is 17.9 Å². The van der Waals surface area contributed by atoms with Crippen LogP contribution >= 0.6 is 11.3 Å². The summed E-state index contributed by atoms with van der Waals surface area (Å²) in [4.78, 5) is 12.8. The van der Waals surface area contributed by atoms with Crippen LogP contribution in [0.2, 0.25) is 0 Å². The average Bonchev–Trinajstić information content (AvgIpc) is 2.75. The van der Waals surface area contributed by atoms with Gasteiger partial charge in [0.25, 0.3) is 0 Å². The summed E-state index contributed by atoms with van der Waals surface area (Å²) in [5.41, 5.74) is 0. The number of hydrogen-bond acceptors (Lipinski definition) is 5. The first-order chi connectivity index (χ1) is 8.28. The first-order valence-corrected chi connectivity index (χ1v) is 6.69. The maximum Gasteiger partial charge on any atom is 0.220 e. The van der Waals surface area contributed by atoms with Gasteiger partial charge in [-0.25, -0.2) is 0 Å². The summed E-state index contributed by atoms with van der Waals surface area (Å²) in [5, 5.41) is 5.24. The van der Waals surface area contributed by atoms with Crippen molar-refractivity contribution >= 4 is 17.1 Å². The summed E-state index contributed by atoms with van der Waals surface area (Å²) < 4.78 is 10.3. The van der Waals surface area contributed by atoms with Crippen molar-refractivity contribution in [3.8, 4) is 0 Å². The van der Waals surface area contributed by atoms with Gasteiger partial charge < -0.3 is 9.47 Å². The lowest BCUT2D eigenvalue weighted by Crippen LogP contribution is -2.49. The third-order valence-electron chi connectivity index (χ3n) is 2.71. The molecule has 0 saturated carbocycles. The van der Waals surface area contributed by atoms with Crippen LogP contribution in [0.4, 0.5) is 0 Å². The van der Waals surface area contributed by atoms with Crippen LogP contribution in [-0.2, 0) is 20.7 Å². The van der Waals surface area contributed by atoms with Gasteiger partial charge in [0.2, 0.25) is 6.41 Å². The van der Waals surface area contributed by atoms with Crippen LogP contribution in [0.5, 0.6) is 0 Å². The molecule has 0 aromatic carbocycles. The molecule has 1 aromatic heterocycles. The largest absolute Gasteiger partial charge is 0.313 e. The number of carbonyl (C=O) groups is 1. The maximum absolute atomic E-state index is 11.5. The normalized spacial score (nSPS) is 17.7. The molecule has 1 aromatic rings. The Morgan fingerprint density at radius 1 is 1.65 bits per heavy atom. The van der Waals surface area contributed by atoms with Gasteiger partial charge in [0.15, 0.2) is 6.79 Å². The van der Waals surface area contributed by atoms with Crippen LogP contribution in [0.3, 0.4) is 0 Å². The number of Topliss-reactive ketones (excluding diaryl/α,β-unsaturated/α-hetero) is 1. The van der Waals surface area contributed by atoms with E-state index in [2.05, 4.69) is 11.4 Å². The molecule has 1 N–H and O–H groups in total. The van der Waals surface area contributed by atoms with Gasteiger partial charge in [-0.1, -0.05) is 13.0 Å². The van der Waals surface area contributed by atoms with E-state index in [1.54, 1.807) is 11.3 Å². The summed E-state index contributed by atoms with van der Waals surface area (Å²) in [6.45, 7) is 2.23. The summed E-state index contributed by atoms with van der Waals surface area (Å²) in [7, 11) is 0. The minimum absolute atomic E-state index is 0.0893. The second kappa shape index (κ2) is 6.26. The van der Waals surface area contributed by atoms with Crippen molar-refractivity contribution in [2.45, 2.75) is 38.6 Å².